The van der Waals surface area contributed by atoms with E-state index in [-0.39, 0.29) is 17.5 Å². The second-order valence-electron chi connectivity index (χ2n) is 5.48. The van der Waals surface area contributed by atoms with Gasteiger partial charge < -0.3 is 9.64 Å². The van der Waals surface area contributed by atoms with E-state index >= 15 is 0 Å². The van der Waals surface area contributed by atoms with Crippen LogP contribution in [0.5, 0.6) is 5.75 Å². The summed E-state index contributed by atoms with van der Waals surface area (Å²) in [6.45, 7) is 1.02. The number of nitrogens with zero attached hydrogens (tertiary/aromatic N) is 4. The third kappa shape index (κ3) is 3.84. The summed E-state index contributed by atoms with van der Waals surface area (Å²) in [5.41, 5.74) is 0.177. The molecule has 1 aromatic carbocycles. The Morgan fingerprint density at radius 1 is 1.25 bits per heavy atom. The maximum Gasteiger partial charge on any atom is 0.573 e. The predicted octanol–water partition coefficient (Wildman–Crippen LogP) is 2.65. The molecule has 2 aromatic rings. The number of likely N-dealkylation sites (tertiary alicyclic amines) is 1. The van der Waals surface area contributed by atoms with E-state index in [0.717, 1.165) is 6.07 Å². The SMILES string of the molecule is O=C(c1cccc(OC(F)(F)F)c1)N1CCC(n2ccnn2)CC1. The lowest BCUT2D eigenvalue weighted by Crippen LogP contribution is -2.39. The fraction of sp³-hybridized carbons (Fsp3) is 0.400. The van der Waals surface area contributed by atoms with Crippen LogP contribution in [0.15, 0.2) is 36.7 Å². The number of hydrogen-bond acceptors (Lipinski definition) is 4. The molecule has 1 fully saturated rings. The highest BCUT2D eigenvalue weighted by Gasteiger charge is 2.31. The van der Waals surface area contributed by atoms with Crippen LogP contribution in [0.1, 0.15) is 29.2 Å². The van der Waals surface area contributed by atoms with Crippen LogP contribution in [-0.4, -0.2) is 45.3 Å². The van der Waals surface area contributed by atoms with E-state index in [1.54, 1.807) is 22.0 Å². The van der Waals surface area contributed by atoms with E-state index < -0.39 is 12.1 Å². The summed E-state index contributed by atoms with van der Waals surface area (Å²) >= 11 is 0. The van der Waals surface area contributed by atoms with Crippen LogP contribution in [-0.2, 0) is 0 Å². The van der Waals surface area contributed by atoms with Crippen molar-refractivity contribution in [1.82, 2.24) is 19.9 Å². The topological polar surface area (TPSA) is 60.2 Å². The Kier molecular flexibility index (Phi) is 4.41. The molecule has 1 amide bonds. The molecular weight excluding hydrogens is 325 g/mol. The van der Waals surface area contributed by atoms with Crippen LogP contribution >= 0.6 is 0 Å². The van der Waals surface area contributed by atoms with Gasteiger partial charge in [-0.2, -0.15) is 0 Å². The van der Waals surface area contributed by atoms with E-state index in [0.29, 0.717) is 25.9 Å². The van der Waals surface area contributed by atoms with Crippen LogP contribution < -0.4 is 4.74 Å². The molecule has 0 aliphatic carbocycles. The van der Waals surface area contributed by atoms with Crippen molar-refractivity contribution in [3.05, 3.63) is 42.2 Å². The van der Waals surface area contributed by atoms with Crippen LogP contribution in [0.3, 0.4) is 0 Å². The van der Waals surface area contributed by atoms with Gasteiger partial charge in [0.15, 0.2) is 0 Å². The lowest BCUT2D eigenvalue weighted by atomic mass is 10.0. The number of ether oxygens (including phenoxy) is 1. The normalized spacial score (nSPS) is 16.2. The summed E-state index contributed by atoms with van der Waals surface area (Å²) in [6.07, 6.45) is 0.0310. The molecule has 0 unspecified atom stereocenters. The number of piperidine rings is 1. The van der Waals surface area contributed by atoms with Gasteiger partial charge in [0.25, 0.3) is 5.91 Å². The maximum absolute atomic E-state index is 12.5. The third-order valence-electron chi connectivity index (χ3n) is 3.88. The Hall–Kier alpha value is -2.58. The molecule has 1 aliphatic heterocycles. The Bertz CT molecular complexity index is 695. The second kappa shape index (κ2) is 6.50. The summed E-state index contributed by atoms with van der Waals surface area (Å²) in [5.74, 6) is -0.703. The number of alkyl halides is 3. The Morgan fingerprint density at radius 2 is 2.00 bits per heavy atom. The van der Waals surface area contributed by atoms with Gasteiger partial charge in [0.05, 0.1) is 12.2 Å². The zero-order valence-corrected chi connectivity index (χ0v) is 12.6. The first kappa shape index (κ1) is 16.3. The standard InChI is InChI=1S/C15H15F3N4O2/c16-15(17,18)24-13-3-1-2-11(10-13)14(23)21-7-4-12(5-8-21)22-9-6-19-20-22/h1-3,6,9-10,12H,4-5,7-8H2. The van der Waals surface area contributed by atoms with Crippen LogP contribution in [0, 0.1) is 0 Å². The Balaban J connectivity index is 1.64. The molecule has 9 heteroatoms. The summed E-state index contributed by atoms with van der Waals surface area (Å²) < 4.78 is 42.4. The average molecular weight is 340 g/mol. The minimum Gasteiger partial charge on any atom is -0.406 e. The van der Waals surface area contributed by atoms with Gasteiger partial charge in [-0.15, -0.1) is 18.3 Å². The van der Waals surface area contributed by atoms with Crippen molar-refractivity contribution in [2.45, 2.75) is 25.2 Å². The highest BCUT2D eigenvalue weighted by molar-refractivity contribution is 5.94. The number of rotatable bonds is 3. The molecule has 128 valence electrons. The summed E-state index contributed by atoms with van der Waals surface area (Å²) in [5, 5.41) is 7.72. The zero-order chi connectivity index (χ0) is 17.2. The van der Waals surface area contributed by atoms with E-state index in [9.17, 15) is 18.0 Å². The van der Waals surface area contributed by atoms with Crippen molar-refractivity contribution in [3.63, 3.8) is 0 Å². The van der Waals surface area contributed by atoms with Crippen molar-refractivity contribution in [1.29, 1.82) is 0 Å². The van der Waals surface area contributed by atoms with Gasteiger partial charge in [-0.25, -0.2) is 4.68 Å². The van der Waals surface area contributed by atoms with Gasteiger partial charge in [-0.3, -0.25) is 4.79 Å². The molecule has 0 spiro atoms. The summed E-state index contributed by atoms with van der Waals surface area (Å²) in [4.78, 5) is 14.1. The molecule has 3 rings (SSSR count). The van der Waals surface area contributed by atoms with Gasteiger partial charge in [-0.05, 0) is 31.0 Å². The maximum atomic E-state index is 12.5. The molecule has 1 aromatic heterocycles. The number of amides is 1. The summed E-state index contributed by atoms with van der Waals surface area (Å²) in [6, 6.07) is 5.31. The zero-order valence-electron chi connectivity index (χ0n) is 12.6. The molecule has 24 heavy (non-hydrogen) atoms. The molecule has 6 nitrogen and oxygen atoms in total. The van der Waals surface area contributed by atoms with Crippen molar-refractivity contribution in [2.75, 3.05) is 13.1 Å². The molecule has 0 saturated carbocycles. The Morgan fingerprint density at radius 3 is 2.62 bits per heavy atom. The lowest BCUT2D eigenvalue weighted by molar-refractivity contribution is -0.274. The minimum absolute atomic E-state index is 0.177. The van der Waals surface area contributed by atoms with Crippen LogP contribution in [0.4, 0.5) is 13.2 Å². The average Bonchev–Trinajstić information content (AvgIpc) is 3.07. The number of benzene rings is 1. The van der Waals surface area contributed by atoms with Gasteiger partial charge in [0, 0.05) is 24.8 Å². The first-order valence-corrected chi connectivity index (χ1v) is 7.43. The highest BCUT2D eigenvalue weighted by Crippen LogP contribution is 2.26. The predicted molar refractivity (Wildman–Crippen MR) is 77.3 cm³/mol. The molecule has 0 radical (unpaired) electrons. The van der Waals surface area contributed by atoms with Gasteiger partial charge in [0.1, 0.15) is 5.75 Å². The highest BCUT2D eigenvalue weighted by atomic mass is 19.4. The van der Waals surface area contributed by atoms with Gasteiger partial charge in [0.2, 0.25) is 0 Å². The first-order valence-electron chi connectivity index (χ1n) is 7.43. The van der Waals surface area contributed by atoms with Gasteiger partial charge in [-0.1, -0.05) is 11.3 Å². The van der Waals surface area contributed by atoms with E-state index in [1.807, 2.05) is 0 Å². The third-order valence-corrected chi connectivity index (χ3v) is 3.88. The second-order valence-corrected chi connectivity index (χ2v) is 5.48. The molecule has 1 saturated heterocycles. The van der Waals surface area contributed by atoms with Crippen molar-refractivity contribution in [2.24, 2.45) is 0 Å². The van der Waals surface area contributed by atoms with Crippen molar-refractivity contribution in [3.8, 4) is 5.75 Å². The van der Waals surface area contributed by atoms with Crippen LogP contribution in [0.2, 0.25) is 0 Å². The molecular formula is C15H15F3N4O2. The number of carbonyl (C=O) groups is 1. The Labute approximate surface area is 135 Å². The van der Waals surface area contributed by atoms with E-state index in [4.69, 9.17) is 0 Å². The lowest BCUT2D eigenvalue weighted by Gasteiger charge is -2.32. The van der Waals surface area contributed by atoms with Crippen molar-refractivity contribution < 1.29 is 22.7 Å². The quantitative estimate of drug-likeness (QED) is 0.862. The van der Waals surface area contributed by atoms with Crippen molar-refractivity contribution >= 4 is 5.91 Å². The smallest absolute Gasteiger partial charge is 0.406 e. The summed E-state index contributed by atoms with van der Waals surface area (Å²) in [7, 11) is 0. The van der Waals surface area contributed by atoms with Gasteiger partial charge >= 0.3 is 6.36 Å². The number of hydrogen-bond donors (Lipinski definition) is 0. The number of halogens is 3. The molecule has 0 bridgehead atoms. The molecule has 0 atom stereocenters. The minimum atomic E-state index is -4.78. The molecule has 0 N–H and O–H groups in total. The number of carbonyl (C=O) groups excluding carboxylic acids is 1. The molecule has 1 aliphatic rings. The first-order chi connectivity index (χ1) is 11.4. The van der Waals surface area contributed by atoms with E-state index in [1.165, 1.54) is 18.2 Å². The van der Waals surface area contributed by atoms with E-state index in [2.05, 4.69) is 15.0 Å². The fourth-order valence-corrected chi connectivity index (χ4v) is 2.75. The fourth-order valence-electron chi connectivity index (χ4n) is 2.75. The molecule has 2 heterocycles. The largest absolute Gasteiger partial charge is 0.573 e. The number of aromatic nitrogens is 3. The monoisotopic (exact) mass is 340 g/mol. The van der Waals surface area contributed by atoms with Crippen LogP contribution in [0.25, 0.3) is 0 Å².